The van der Waals surface area contributed by atoms with Gasteiger partial charge in [-0.1, -0.05) is 12.1 Å². The lowest BCUT2D eigenvalue weighted by Crippen LogP contribution is -2.23. The normalized spacial score (nSPS) is 10.5. The van der Waals surface area contributed by atoms with E-state index >= 15 is 0 Å². The molecule has 0 amide bonds. The molecular formula is C17H22IN3O3. The van der Waals surface area contributed by atoms with Gasteiger partial charge in [-0.15, -0.1) is 24.0 Å². The lowest BCUT2D eigenvalue weighted by Gasteiger charge is -2.08. The fraction of sp³-hybridized carbons (Fsp3) is 0.235. The Morgan fingerprint density at radius 2 is 1.62 bits per heavy atom. The second-order valence-corrected chi connectivity index (χ2v) is 4.65. The zero-order valence-electron chi connectivity index (χ0n) is 13.7. The van der Waals surface area contributed by atoms with Gasteiger partial charge in [0.2, 0.25) is 0 Å². The van der Waals surface area contributed by atoms with Crippen LogP contribution in [-0.4, -0.2) is 33.3 Å². The van der Waals surface area contributed by atoms with Crippen LogP contribution in [0, 0.1) is 0 Å². The van der Waals surface area contributed by atoms with Gasteiger partial charge >= 0.3 is 0 Å². The summed E-state index contributed by atoms with van der Waals surface area (Å²) in [7, 11) is 3.24. The first-order valence-electron chi connectivity index (χ1n) is 7.19. The molecule has 0 aliphatic rings. The standard InChI is InChI=1S/C17H21N3O3.HI/c1-21-14-6-3-5-13(11-14)20-17(18)19-9-10-23-16-8-4-7-15(12-16)22-2;/h3-8,11-12H,9-10H2,1-2H3,(H3,18,19,20);1H. The van der Waals surface area contributed by atoms with Gasteiger partial charge < -0.3 is 25.3 Å². The highest BCUT2D eigenvalue weighted by Gasteiger charge is 1.98. The minimum atomic E-state index is 0. The third-order valence-corrected chi connectivity index (χ3v) is 3.03. The van der Waals surface area contributed by atoms with Crippen molar-refractivity contribution in [3.63, 3.8) is 0 Å². The molecule has 0 heterocycles. The highest BCUT2D eigenvalue weighted by molar-refractivity contribution is 14.0. The summed E-state index contributed by atoms with van der Waals surface area (Å²) in [4.78, 5) is 4.22. The lowest BCUT2D eigenvalue weighted by molar-refractivity contribution is 0.325. The summed E-state index contributed by atoms with van der Waals surface area (Å²) in [6, 6.07) is 14.9. The van der Waals surface area contributed by atoms with Crippen LogP contribution < -0.4 is 25.3 Å². The maximum atomic E-state index is 5.84. The van der Waals surface area contributed by atoms with Gasteiger partial charge in [0.15, 0.2) is 5.96 Å². The smallest absolute Gasteiger partial charge is 0.193 e. The number of guanidine groups is 1. The zero-order chi connectivity index (χ0) is 16.5. The molecule has 2 rings (SSSR count). The Morgan fingerprint density at radius 1 is 1.00 bits per heavy atom. The van der Waals surface area contributed by atoms with Gasteiger partial charge in [0.1, 0.15) is 23.9 Å². The maximum Gasteiger partial charge on any atom is 0.193 e. The topological polar surface area (TPSA) is 78.1 Å². The van der Waals surface area contributed by atoms with E-state index in [1.165, 1.54) is 0 Å². The van der Waals surface area contributed by atoms with Crippen molar-refractivity contribution in [3.05, 3.63) is 48.5 Å². The fourth-order valence-corrected chi connectivity index (χ4v) is 1.91. The van der Waals surface area contributed by atoms with Gasteiger partial charge in [-0.3, -0.25) is 0 Å². The molecule has 0 saturated carbocycles. The van der Waals surface area contributed by atoms with Crippen LogP contribution in [0.25, 0.3) is 0 Å². The summed E-state index contributed by atoms with van der Waals surface area (Å²) in [6.07, 6.45) is 0. The summed E-state index contributed by atoms with van der Waals surface area (Å²) in [5, 5.41) is 3.01. The third kappa shape index (κ3) is 6.53. The second-order valence-electron chi connectivity index (χ2n) is 4.65. The zero-order valence-corrected chi connectivity index (χ0v) is 16.0. The van der Waals surface area contributed by atoms with Crippen LogP contribution in [0.1, 0.15) is 0 Å². The number of aliphatic imine (C=N–C) groups is 1. The number of nitrogens with two attached hydrogens (primary N) is 1. The van der Waals surface area contributed by atoms with E-state index in [1.54, 1.807) is 14.2 Å². The molecule has 0 unspecified atom stereocenters. The summed E-state index contributed by atoms with van der Waals surface area (Å²) < 4.78 is 15.9. The van der Waals surface area contributed by atoms with Crippen molar-refractivity contribution in [3.8, 4) is 17.2 Å². The van der Waals surface area contributed by atoms with E-state index in [0.29, 0.717) is 19.1 Å². The summed E-state index contributed by atoms with van der Waals surface area (Å²) >= 11 is 0. The molecule has 0 fully saturated rings. The quantitative estimate of drug-likeness (QED) is 0.298. The molecule has 2 aromatic rings. The van der Waals surface area contributed by atoms with Crippen molar-refractivity contribution in [1.82, 2.24) is 0 Å². The Morgan fingerprint density at radius 3 is 2.33 bits per heavy atom. The monoisotopic (exact) mass is 443 g/mol. The molecule has 0 aromatic heterocycles. The Balaban J connectivity index is 0.00000288. The number of rotatable bonds is 7. The highest BCUT2D eigenvalue weighted by Crippen LogP contribution is 2.18. The van der Waals surface area contributed by atoms with Crippen LogP contribution in [0.4, 0.5) is 5.69 Å². The molecule has 2 aromatic carbocycles. The molecule has 130 valence electrons. The molecule has 0 bridgehead atoms. The van der Waals surface area contributed by atoms with Crippen molar-refractivity contribution in [2.24, 2.45) is 10.7 Å². The van der Waals surface area contributed by atoms with E-state index in [1.807, 2.05) is 48.5 Å². The minimum absolute atomic E-state index is 0. The number of nitrogens with zero attached hydrogens (tertiary/aromatic N) is 1. The van der Waals surface area contributed by atoms with Gasteiger partial charge in [0.25, 0.3) is 0 Å². The van der Waals surface area contributed by atoms with Gasteiger partial charge in [-0.25, -0.2) is 4.99 Å². The number of anilines is 1. The Labute approximate surface area is 159 Å². The minimum Gasteiger partial charge on any atom is -0.497 e. The maximum absolute atomic E-state index is 5.84. The SMILES string of the molecule is COc1cccc(NC(N)=NCCOc2cccc(OC)c2)c1.I. The number of nitrogens with one attached hydrogen (secondary N) is 1. The first-order chi connectivity index (χ1) is 11.2. The predicted octanol–water partition coefficient (Wildman–Crippen LogP) is 3.13. The second kappa shape index (κ2) is 10.6. The fourth-order valence-electron chi connectivity index (χ4n) is 1.91. The van der Waals surface area contributed by atoms with Crippen molar-refractivity contribution < 1.29 is 14.2 Å². The Hall–Kier alpha value is -2.16. The molecule has 0 aliphatic carbocycles. The van der Waals surface area contributed by atoms with E-state index in [4.69, 9.17) is 19.9 Å². The molecule has 7 heteroatoms. The van der Waals surface area contributed by atoms with Crippen molar-refractivity contribution in [2.75, 3.05) is 32.7 Å². The van der Waals surface area contributed by atoms with Gasteiger partial charge in [0, 0.05) is 17.8 Å². The van der Waals surface area contributed by atoms with Gasteiger partial charge in [-0.05, 0) is 24.3 Å². The average Bonchev–Trinajstić information content (AvgIpc) is 2.59. The number of hydrogen-bond acceptors (Lipinski definition) is 4. The van der Waals surface area contributed by atoms with Crippen LogP contribution in [0.3, 0.4) is 0 Å². The summed E-state index contributed by atoms with van der Waals surface area (Å²) in [5.41, 5.74) is 6.66. The number of halogens is 1. The lowest BCUT2D eigenvalue weighted by atomic mass is 10.3. The Bertz CT molecular complexity index is 665. The summed E-state index contributed by atoms with van der Waals surface area (Å²) in [5.74, 6) is 2.57. The van der Waals surface area contributed by atoms with Crippen LogP contribution in [-0.2, 0) is 0 Å². The van der Waals surface area contributed by atoms with Crippen molar-refractivity contribution in [1.29, 1.82) is 0 Å². The molecule has 0 saturated heterocycles. The van der Waals surface area contributed by atoms with E-state index < -0.39 is 0 Å². The molecule has 0 spiro atoms. The van der Waals surface area contributed by atoms with Crippen molar-refractivity contribution in [2.45, 2.75) is 0 Å². The van der Waals surface area contributed by atoms with E-state index in [2.05, 4.69) is 10.3 Å². The third-order valence-electron chi connectivity index (χ3n) is 3.03. The first-order valence-corrected chi connectivity index (χ1v) is 7.19. The van der Waals surface area contributed by atoms with Crippen LogP contribution in [0.2, 0.25) is 0 Å². The van der Waals surface area contributed by atoms with Crippen LogP contribution >= 0.6 is 24.0 Å². The van der Waals surface area contributed by atoms with Gasteiger partial charge in [-0.2, -0.15) is 0 Å². The van der Waals surface area contributed by atoms with Crippen LogP contribution in [0.5, 0.6) is 17.2 Å². The number of hydrogen-bond donors (Lipinski definition) is 2. The van der Waals surface area contributed by atoms with E-state index in [9.17, 15) is 0 Å². The van der Waals surface area contributed by atoms with Gasteiger partial charge in [0.05, 0.1) is 20.8 Å². The molecular weight excluding hydrogens is 421 g/mol. The number of ether oxygens (including phenoxy) is 3. The molecule has 0 aliphatic heterocycles. The largest absolute Gasteiger partial charge is 0.497 e. The molecule has 3 N–H and O–H groups in total. The predicted molar refractivity (Wildman–Crippen MR) is 107 cm³/mol. The van der Waals surface area contributed by atoms with E-state index in [-0.39, 0.29) is 24.0 Å². The van der Waals surface area contributed by atoms with Crippen LogP contribution in [0.15, 0.2) is 53.5 Å². The highest BCUT2D eigenvalue weighted by atomic mass is 127. The average molecular weight is 443 g/mol. The summed E-state index contributed by atoms with van der Waals surface area (Å²) in [6.45, 7) is 0.869. The molecule has 24 heavy (non-hydrogen) atoms. The number of benzene rings is 2. The molecule has 0 atom stereocenters. The molecule has 0 radical (unpaired) electrons. The Kier molecular flexibility index (Phi) is 8.77. The van der Waals surface area contributed by atoms with E-state index in [0.717, 1.165) is 22.9 Å². The van der Waals surface area contributed by atoms with Crippen molar-refractivity contribution >= 4 is 35.6 Å². The first kappa shape index (κ1) is 19.9. The number of methoxy groups -OCH3 is 2. The molecule has 6 nitrogen and oxygen atoms in total.